The third kappa shape index (κ3) is 4.61. The second kappa shape index (κ2) is 6.87. The highest BCUT2D eigenvalue weighted by Gasteiger charge is 2.22. The average molecular weight is 391 g/mol. The number of nitrogens with one attached hydrogen (secondary N) is 2. The van der Waals surface area contributed by atoms with Gasteiger partial charge in [0, 0.05) is 28.5 Å². The summed E-state index contributed by atoms with van der Waals surface area (Å²) in [6, 6.07) is 5.20. The van der Waals surface area contributed by atoms with Crippen LogP contribution in [0.2, 0.25) is 0 Å². The van der Waals surface area contributed by atoms with E-state index in [2.05, 4.69) is 26.6 Å². The van der Waals surface area contributed by atoms with Crippen molar-refractivity contribution in [2.75, 3.05) is 11.6 Å². The first kappa shape index (κ1) is 17.1. The van der Waals surface area contributed by atoms with Gasteiger partial charge in [0.15, 0.2) is 9.84 Å². The first-order valence-electron chi connectivity index (χ1n) is 7.01. The van der Waals surface area contributed by atoms with E-state index in [-0.39, 0.29) is 17.0 Å². The van der Waals surface area contributed by atoms with E-state index in [0.29, 0.717) is 4.47 Å². The molecule has 22 heavy (non-hydrogen) atoms. The summed E-state index contributed by atoms with van der Waals surface area (Å²) in [4.78, 5) is 10.9. The fraction of sp³-hybridized carbons (Fsp3) is 0.500. The number of sulfone groups is 1. The van der Waals surface area contributed by atoms with Crippen LogP contribution in [0, 0.1) is 0 Å². The predicted octanol–water partition coefficient (Wildman–Crippen LogP) is 2.84. The average Bonchev–Trinajstić information content (AvgIpc) is 2.41. The summed E-state index contributed by atoms with van der Waals surface area (Å²) in [5.74, 6) is 0. The minimum absolute atomic E-state index is 0.0200. The Bertz CT molecular complexity index is 655. The zero-order chi connectivity index (χ0) is 16.3. The van der Waals surface area contributed by atoms with E-state index in [1.807, 2.05) is 0 Å². The lowest BCUT2D eigenvalue weighted by Crippen LogP contribution is -2.39. The fourth-order valence-electron chi connectivity index (χ4n) is 2.62. The largest absolute Gasteiger partial charge is 0.465 e. The molecule has 0 aliphatic heterocycles. The zero-order valence-corrected chi connectivity index (χ0v) is 14.6. The minimum atomic E-state index is -3.22. The maximum atomic E-state index is 11.5. The first-order valence-corrected chi connectivity index (χ1v) is 9.70. The highest BCUT2D eigenvalue weighted by molar-refractivity contribution is 9.10. The molecule has 0 aromatic heterocycles. The second-order valence-electron chi connectivity index (χ2n) is 5.56. The lowest BCUT2D eigenvalue weighted by molar-refractivity contribution is 0.185. The van der Waals surface area contributed by atoms with Gasteiger partial charge < -0.3 is 15.7 Å². The lowest BCUT2D eigenvalue weighted by atomic mass is 9.91. The second-order valence-corrected chi connectivity index (χ2v) is 8.43. The van der Waals surface area contributed by atoms with Gasteiger partial charge in [0.25, 0.3) is 0 Å². The minimum Gasteiger partial charge on any atom is -0.465 e. The molecule has 0 heterocycles. The van der Waals surface area contributed by atoms with Crippen molar-refractivity contribution in [2.45, 2.75) is 42.7 Å². The van der Waals surface area contributed by atoms with Crippen LogP contribution in [0.5, 0.6) is 0 Å². The molecule has 0 spiro atoms. The number of amides is 1. The van der Waals surface area contributed by atoms with E-state index < -0.39 is 15.9 Å². The molecule has 1 aliphatic carbocycles. The molecule has 0 bridgehead atoms. The van der Waals surface area contributed by atoms with Gasteiger partial charge in [-0.1, -0.05) is 0 Å². The van der Waals surface area contributed by atoms with Crippen LogP contribution >= 0.6 is 15.9 Å². The van der Waals surface area contributed by atoms with Crippen LogP contribution in [-0.2, 0) is 9.84 Å². The van der Waals surface area contributed by atoms with E-state index in [9.17, 15) is 13.2 Å². The predicted molar refractivity (Wildman–Crippen MR) is 88.1 cm³/mol. The van der Waals surface area contributed by atoms with Crippen molar-refractivity contribution in [1.82, 2.24) is 5.32 Å². The fourth-order valence-corrected chi connectivity index (χ4v) is 3.91. The Labute approximate surface area is 138 Å². The molecule has 8 heteroatoms. The molecular formula is C14H19BrN2O4S. The summed E-state index contributed by atoms with van der Waals surface area (Å²) in [7, 11) is -3.22. The van der Waals surface area contributed by atoms with Crippen LogP contribution in [0.15, 0.2) is 27.6 Å². The van der Waals surface area contributed by atoms with Crippen molar-refractivity contribution in [2.24, 2.45) is 0 Å². The SMILES string of the molecule is CS(=O)(=O)c1ccc(N[C@H]2CC[C@H](NC(=O)O)CC2)c(Br)c1. The quantitative estimate of drug-likeness (QED) is 0.734. The van der Waals surface area contributed by atoms with Crippen molar-refractivity contribution in [3.8, 4) is 0 Å². The van der Waals surface area contributed by atoms with Gasteiger partial charge in [0.2, 0.25) is 0 Å². The van der Waals surface area contributed by atoms with Crippen molar-refractivity contribution in [1.29, 1.82) is 0 Å². The summed E-state index contributed by atoms with van der Waals surface area (Å²) in [6.07, 6.45) is 3.52. The van der Waals surface area contributed by atoms with Crippen LogP contribution in [0.3, 0.4) is 0 Å². The molecule has 0 saturated heterocycles. The van der Waals surface area contributed by atoms with E-state index in [0.717, 1.165) is 31.4 Å². The number of carbonyl (C=O) groups is 1. The number of benzene rings is 1. The normalized spacial score (nSPS) is 22.1. The number of hydrogen-bond acceptors (Lipinski definition) is 4. The Morgan fingerprint density at radius 1 is 1.23 bits per heavy atom. The molecule has 1 aromatic carbocycles. The molecule has 0 atom stereocenters. The zero-order valence-electron chi connectivity index (χ0n) is 12.2. The van der Waals surface area contributed by atoms with Crippen LogP contribution in [0.1, 0.15) is 25.7 Å². The monoisotopic (exact) mass is 390 g/mol. The molecule has 2 rings (SSSR count). The number of carboxylic acid groups (broad SMARTS) is 1. The Balaban J connectivity index is 1.97. The Kier molecular flexibility index (Phi) is 5.33. The maximum Gasteiger partial charge on any atom is 0.404 e. The van der Waals surface area contributed by atoms with Gasteiger partial charge in [-0.05, 0) is 59.8 Å². The Morgan fingerprint density at radius 2 is 1.82 bits per heavy atom. The van der Waals surface area contributed by atoms with Crippen molar-refractivity contribution < 1.29 is 18.3 Å². The smallest absolute Gasteiger partial charge is 0.404 e. The van der Waals surface area contributed by atoms with Crippen molar-refractivity contribution in [3.05, 3.63) is 22.7 Å². The molecule has 0 radical (unpaired) electrons. The molecule has 3 N–H and O–H groups in total. The molecule has 6 nitrogen and oxygen atoms in total. The van der Waals surface area contributed by atoms with E-state index in [4.69, 9.17) is 5.11 Å². The van der Waals surface area contributed by atoms with E-state index in [1.54, 1.807) is 18.2 Å². The third-order valence-corrected chi connectivity index (χ3v) is 5.55. The molecule has 1 aliphatic rings. The molecule has 122 valence electrons. The van der Waals surface area contributed by atoms with Gasteiger partial charge in [-0.25, -0.2) is 13.2 Å². The highest BCUT2D eigenvalue weighted by Crippen LogP contribution is 2.29. The standard InChI is InChI=1S/C14H19BrN2O4S/c1-22(20,21)11-6-7-13(12(15)8-11)16-9-2-4-10(5-3-9)17-14(18)19/h6-10,16-17H,2-5H2,1H3,(H,18,19)/t9-,10-. The van der Waals surface area contributed by atoms with Gasteiger partial charge >= 0.3 is 6.09 Å². The lowest BCUT2D eigenvalue weighted by Gasteiger charge is -2.30. The maximum absolute atomic E-state index is 11.5. The first-order chi connectivity index (χ1) is 10.3. The van der Waals surface area contributed by atoms with Crippen LogP contribution in [0.4, 0.5) is 10.5 Å². The highest BCUT2D eigenvalue weighted by atomic mass is 79.9. The summed E-state index contributed by atoms with van der Waals surface area (Å²) >= 11 is 3.39. The van der Waals surface area contributed by atoms with Gasteiger partial charge in [-0.3, -0.25) is 0 Å². The van der Waals surface area contributed by atoms with Gasteiger partial charge in [0.1, 0.15) is 0 Å². The van der Waals surface area contributed by atoms with E-state index in [1.165, 1.54) is 6.26 Å². The van der Waals surface area contributed by atoms with Crippen LogP contribution < -0.4 is 10.6 Å². The van der Waals surface area contributed by atoms with Gasteiger partial charge in [-0.15, -0.1) is 0 Å². The molecule has 1 amide bonds. The van der Waals surface area contributed by atoms with Crippen molar-refractivity contribution in [3.63, 3.8) is 0 Å². The Hall–Kier alpha value is -1.28. The molecule has 0 unspecified atom stereocenters. The van der Waals surface area contributed by atoms with Crippen LogP contribution in [0.25, 0.3) is 0 Å². The summed E-state index contributed by atoms with van der Waals surface area (Å²) < 4.78 is 23.7. The summed E-state index contributed by atoms with van der Waals surface area (Å²) in [5, 5.41) is 14.6. The molecular weight excluding hydrogens is 372 g/mol. The number of halogens is 1. The van der Waals surface area contributed by atoms with Gasteiger partial charge in [0.05, 0.1) is 4.90 Å². The van der Waals surface area contributed by atoms with Crippen molar-refractivity contribution >= 4 is 37.5 Å². The topological polar surface area (TPSA) is 95.5 Å². The number of rotatable bonds is 4. The summed E-state index contributed by atoms with van der Waals surface area (Å²) in [5.41, 5.74) is 0.849. The number of anilines is 1. The molecule has 1 aromatic rings. The molecule has 1 saturated carbocycles. The summed E-state index contributed by atoms with van der Waals surface area (Å²) in [6.45, 7) is 0. The third-order valence-electron chi connectivity index (χ3n) is 3.78. The van der Waals surface area contributed by atoms with E-state index >= 15 is 0 Å². The number of hydrogen-bond donors (Lipinski definition) is 3. The molecule has 1 fully saturated rings. The Morgan fingerprint density at radius 3 is 2.32 bits per heavy atom. The van der Waals surface area contributed by atoms with Crippen LogP contribution in [-0.4, -0.2) is 38.0 Å². The van der Waals surface area contributed by atoms with Gasteiger partial charge in [-0.2, -0.15) is 0 Å².